The number of carbonyl (C=O) groups is 1. The Morgan fingerprint density at radius 2 is 1.89 bits per heavy atom. The van der Waals surface area contributed by atoms with E-state index in [1.165, 1.54) is 22.8 Å². The second kappa shape index (κ2) is 9.40. The highest BCUT2D eigenvalue weighted by molar-refractivity contribution is 7.07. The van der Waals surface area contributed by atoms with E-state index in [9.17, 15) is 19.7 Å². The molecule has 0 saturated carbocycles. The Kier molecular flexibility index (Phi) is 6.13. The normalized spacial score (nSPS) is 15.4. The van der Waals surface area contributed by atoms with Crippen LogP contribution in [0.2, 0.25) is 5.02 Å². The van der Waals surface area contributed by atoms with Crippen molar-refractivity contribution in [3.63, 3.8) is 0 Å². The molecule has 0 radical (unpaired) electrons. The summed E-state index contributed by atoms with van der Waals surface area (Å²) in [5.41, 5.74) is 1.65. The summed E-state index contributed by atoms with van der Waals surface area (Å²) in [6.45, 7) is 1.72. The number of fused-ring (bicyclic) bond motifs is 1. The molecule has 1 aliphatic rings. The fourth-order valence-electron chi connectivity index (χ4n) is 3.94. The maximum atomic E-state index is 13.6. The first-order chi connectivity index (χ1) is 17.3. The van der Waals surface area contributed by atoms with E-state index in [1.807, 2.05) is 6.07 Å². The summed E-state index contributed by atoms with van der Waals surface area (Å²) >= 11 is 7.20. The van der Waals surface area contributed by atoms with E-state index in [-0.39, 0.29) is 10.3 Å². The monoisotopic (exact) mass is 520 g/mol. The van der Waals surface area contributed by atoms with Gasteiger partial charge in [-0.1, -0.05) is 53.3 Å². The lowest BCUT2D eigenvalue weighted by Gasteiger charge is -2.25. The molecule has 0 saturated heterocycles. The number of carbonyl (C=O) groups excluding carboxylic acids is 1. The Labute approximate surface area is 212 Å². The molecule has 2 aromatic heterocycles. The van der Waals surface area contributed by atoms with E-state index < -0.39 is 28.3 Å². The number of rotatable bonds is 5. The number of anilines is 1. The molecule has 3 heterocycles. The number of allylic oxidation sites excluding steroid dienone is 1. The number of nitro groups is 1. The number of thiazole rings is 1. The summed E-state index contributed by atoms with van der Waals surface area (Å²) in [5.74, 6) is -0.658. The summed E-state index contributed by atoms with van der Waals surface area (Å²) in [6.07, 6.45) is 1.43. The van der Waals surface area contributed by atoms with Crippen LogP contribution in [0.15, 0.2) is 92.2 Å². The third kappa shape index (κ3) is 4.39. The topological polar surface area (TPSA) is 120 Å². The molecule has 0 unspecified atom stereocenters. The van der Waals surface area contributed by atoms with Crippen LogP contribution < -0.4 is 20.2 Å². The minimum Gasteiger partial charge on any atom is -0.401 e. The molecule has 0 fully saturated rings. The van der Waals surface area contributed by atoms with E-state index in [4.69, 9.17) is 16.0 Å². The van der Waals surface area contributed by atoms with Crippen molar-refractivity contribution in [1.29, 1.82) is 0 Å². The molecule has 1 N–H and O–H groups in total. The van der Waals surface area contributed by atoms with Crippen molar-refractivity contribution in [3.05, 3.63) is 124 Å². The van der Waals surface area contributed by atoms with Crippen molar-refractivity contribution in [2.24, 2.45) is 4.99 Å². The predicted octanol–water partition coefficient (Wildman–Crippen LogP) is 4.03. The van der Waals surface area contributed by atoms with Crippen LogP contribution >= 0.6 is 22.9 Å². The van der Waals surface area contributed by atoms with E-state index in [1.54, 1.807) is 55.5 Å². The molecule has 36 heavy (non-hydrogen) atoms. The molecule has 9 nitrogen and oxygen atoms in total. The number of halogens is 1. The van der Waals surface area contributed by atoms with Gasteiger partial charge in [-0.25, -0.2) is 4.99 Å². The minimum atomic E-state index is -0.768. The zero-order chi connectivity index (χ0) is 25.4. The number of benzene rings is 2. The van der Waals surface area contributed by atoms with Crippen LogP contribution in [-0.4, -0.2) is 15.4 Å². The molecule has 0 aliphatic carbocycles. The van der Waals surface area contributed by atoms with Gasteiger partial charge in [0, 0.05) is 16.8 Å². The summed E-state index contributed by atoms with van der Waals surface area (Å²) in [7, 11) is 0. The van der Waals surface area contributed by atoms with Gasteiger partial charge in [0.25, 0.3) is 11.5 Å². The highest BCUT2D eigenvalue weighted by atomic mass is 35.5. The highest BCUT2D eigenvalue weighted by Gasteiger charge is 2.32. The Balaban J connectivity index is 1.66. The van der Waals surface area contributed by atoms with Gasteiger partial charge in [-0.2, -0.15) is 0 Å². The zero-order valence-corrected chi connectivity index (χ0v) is 20.2. The van der Waals surface area contributed by atoms with Crippen molar-refractivity contribution in [2.75, 3.05) is 5.32 Å². The third-order valence-corrected chi connectivity index (χ3v) is 6.78. The largest absolute Gasteiger partial charge is 0.433 e. The van der Waals surface area contributed by atoms with Crippen LogP contribution in [0.4, 0.5) is 11.6 Å². The lowest BCUT2D eigenvalue weighted by molar-refractivity contribution is -0.402. The van der Waals surface area contributed by atoms with Gasteiger partial charge < -0.3 is 9.73 Å². The second-order valence-corrected chi connectivity index (χ2v) is 9.33. The summed E-state index contributed by atoms with van der Waals surface area (Å²) in [4.78, 5) is 42.3. The van der Waals surface area contributed by atoms with Crippen LogP contribution in [0.1, 0.15) is 24.3 Å². The Morgan fingerprint density at radius 1 is 1.17 bits per heavy atom. The second-order valence-electron chi connectivity index (χ2n) is 7.89. The number of aromatic nitrogens is 1. The van der Waals surface area contributed by atoms with E-state index in [2.05, 4.69) is 10.3 Å². The molecule has 11 heteroatoms. The quantitative estimate of drug-likeness (QED) is 0.315. The van der Waals surface area contributed by atoms with Crippen LogP contribution in [0.3, 0.4) is 0 Å². The first-order valence-corrected chi connectivity index (χ1v) is 11.9. The van der Waals surface area contributed by atoms with Gasteiger partial charge in [0.15, 0.2) is 4.80 Å². The standard InChI is InChI=1S/C25H17ClN4O5S/c1-14-21(23(31)28-17-5-3-2-4-6-17)22(15-7-9-16(26)10-8-15)29-24(32)19(36-25(29)27-14)13-18-11-12-20(35-18)30(33)34/h2-13,22H,1H3,(H,28,31)/t22-/m0/s1. The van der Waals surface area contributed by atoms with Crippen LogP contribution in [0.5, 0.6) is 0 Å². The molecule has 0 spiro atoms. The SMILES string of the molecule is CC1=C(C(=O)Nc2ccccc2)[C@H](c2ccc(Cl)cc2)n2c(sc(=Cc3ccc([N+](=O)[O-])o3)c2=O)=N1. The molecular weight excluding hydrogens is 504 g/mol. The summed E-state index contributed by atoms with van der Waals surface area (Å²) in [5, 5.41) is 14.3. The fourth-order valence-corrected chi connectivity index (χ4v) is 5.09. The van der Waals surface area contributed by atoms with Crippen molar-refractivity contribution in [3.8, 4) is 0 Å². The molecule has 180 valence electrons. The van der Waals surface area contributed by atoms with Crippen molar-refractivity contribution in [1.82, 2.24) is 4.57 Å². The van der Waals surface area contributed by atoms with Crippen LogP contribution in [0.25, 0.3) is 6.08 Å². The summed E-state index contributed by atoms with van der Waals surface area (Å²) < 4.78 is 6.90. The van der Waals surface area contributed by atoms with Crippen molar-refractivity contribution < 1.29 is 14.1 Å². The van der Waals surface area contributed by atoms with Gasteiger partial charge in [-0.15, -0.1) is 0 Å². The molecule has 1 atom stereocenters. The third-order valence-electron chi connectivity index (χ3n) is 5.55. The molecule has 5 rings (SSSR count). The van der Waals surface area contributed by atoms with Crippen LogP contribution in [-0.2, 0) is 4.79 Å². The Morgan fingerprint density at radius 3 is 2.56 bits per heavy atom. The Hall–Kier alpha value is -4.28. The predicted molar refractivity (Wildman–Crippen MR) is 136 cm³/mol. The van der Waals surface area contributed by atoms with Gasteiger partial charge in [-0.05, 0) is 42.8 Å². The number of furan rings is 1. The number of hydrogen-bond donors (Lipinski definition) is 1. The number of nitrogens with zero attached hydrogens (tertiary/aromatic N) is 3. The van der Waals surface area contributed by atoms with Crippen LogP contribution in [0, 0.1) is 10.1 Å². The Bertz CT molecular complexity index is 1700. The molecule has 2 aromatic carbocycles. The van der Waals surface area contributed by atoms with Gasteiger partial charge >= 0.3 is 5.88 Å². The first-order valence-electron chi connectivity index (χ1n) is 10.7. The average molecular weight is 521 g/mol. The number of para-hydroxylation sites is 1. The average Bonchev–Trinajstić information content (AvgIpc) is 3.44. The number of amides is 1. The molecule has 1 amide bonds. The summed E-state index contributed by atoms with van der Waals surface area (Å²) in [6, 6.07) is 17.8. The first kappa shape index (κ1) is 23.5. The van der Waals surface area contributed by atoms with Gasteiger partial charge in [0.2, 0.25) is 0 Å². The highest BCUT2D eigenvalue weighted by Crippen LogP contribution is 2.31. The fraction of sp³-hybridized carbons (Fsp3) is 0.0800. The van der Waals surface area contributed by atoms with Gasteiger partial charge in [0.05, 0.1) is 27.9 Å². The number of hydrogen-bond acceptors (Lipinski definition) is 7. The zero-order valence-electron chi connectivity index (χ0n) is 18.7. The van der Waals surface area contributed by atoms with E-state index in [0.717, 1.165) is 11.3 Å². The van der Waals surface area contributed by atoms with E-state index >= 15 is 0 Å². The molecule has 0 bridgehead atoms. The van der Waals surface area contributed by atoms with Crippen molar-refractivity contribution in [2.45, 2.75) is 13.0 Å². The van der Waals surface area contributed by atoms with Crippen molar-refractivity contribution >= 4 is 46.5 Å². The maximum Gasteiger partial charge on any atom is 0.433 e. The molecular formula is C25H17ClN4O5S. The maximum absolute atomic E-state index is 13.6. The molecule has 1 aliphatic heterocycles. The van der Waals surface area contributed by atoms with Gasteiger partial charge in [0.1, 0.15) is 10.7 Å². The smallest absolute Gasteiger partial charge is 0.401 e. The molecule has 4 aromatic rings. The van der Waals surface area contributed by atoms with Gasteiger partial charge in [-0.3, -0.25) is 24.3 Å². The number of nitrogens with one attached hydrogen (secondary N) is 1. The minimum absolute atomic E-state index is 0.160. The van der Waals surface area contributed by atoms with E-state index in [0.29, 0.717) is 32.3 Å². The lowest BCUT2D eigenvalue weighted by atomic mass is 9.95. The lowest BCUT2D eigenvalue weighted by Crippen LogP contribution is -2.40.